The second kappa shape index (κ2) is 6.48. The lowest BCUT2D eigenvalue weighted by Gasteiger charge is -2.56. The van der Waals surface area contributed by atoms with Gasteiger partial charge in [0.2, 0.25) is 0 Å². The van der Waals surface area contributed by atoms with Crippen LogP contribution in [0.2, 0.25) is 0 Å². The monoisotopic (exact) mass is 350 g/mol. The molecule has 26 heavy (non-hydrogen) atoms. The fourth-order valence-electron chi connectivity index (χ4n) is 4.33. The zero-order valence-corrected chi connectivity index (χ0v) is 14.8. The maximum absolute atomic E-state index is 12.8. The van der Waals surface area contributed by atoms with E-state index < -0.39 is 11.6 Å². The van der Waals surface area contributed by atoms with Crippen LogP contribution in [0.15, 0.2) is 60.7 Å². The Labute approximate surface area is 153 Å². The van der Waals surface area contributed by atoms with Crippen LogP contribution in [-0.4, -0.2) is 40.9 Å². The van der Waals surface area contributed by atoms with Crippen molar-refractivity contribution < 1.29 is 14.3 Å². The van der Waals surface area contributed by atoms with Crippen molar-refractivity contribution in [3.8, 4) is 0 Å². The average Bonchev–Trinajstić information content (AvgIpc) is 3.15. The molecule has 0 saturated carbocycles. The summed E-state index contributed by atoms with van der Waals surface area (Å²) in [7, 11) is 1.80. The normalized spacial score (nSPS) is 24.7. The maximum Gasteiger partial charge on any atom is 0.411 e. The molecule has 5 nitrogen and oxygen atoms in total. The number of benzene rings is 2. The van der Waals surface area contributed by atoms with Crippen LogP contribution in [0.3, 0.4) is 0 Å². The van der Waals surface area contributed by atoms with Gasteiger partial charge in [-0.15, -0.1) is 0 Å². The third-order valence-corrected chi connectivity index (χ3v) is 5.49. The number of nitrogens with zero attached hydrogens (tertiary/aromatic N) is 2. The lowest BCUT2D eigenvalue weighted by atomic mass is 9.73. The van der Waals surface area contributed by atoms with Crippen molar-refractivity contribution in [1.29, 1.82) is 0 Å². The average molecular weight is 350 g/mol. The summed E-state index contributed by atoms with van der Waals surface area (Å²) < 4.78 is 5.53. The summed E-state index contributed by atoms with van der Waals surface area (Å²) in [5.41, 5.74) is 1.19. The minimum absolute atomic E-state index is 0.000476. The number of likely N-dealkylation sites (N-methyl/N-ethyl adjacent to an activating group) is 1. The summed E-state index contributed by atoms with van der Waals surface area (Å²) >= 11 is 0. The van der Waals surface area contributed by atoms with Crippen molar-refractivity contribution in [3.05, 3.63) is 71.8 Å². The third kappa shape index (κ3) is 2.46. The molecule has 134 valence electrons. The van der Waals surface area contributed by atoms with Crippen LogP contribution < -0.4 is 0 Å². The molecule has 2 aromatic carbocycles. The fraction of sp³-hybridized carbons (Fsp3) is 0.333. The molecule has 2 amide bonds. The zero-order chi connectivity index (χ0) is 18.1. The van der Waals surface area contributed by atoms with Gasteiger partial charge in [-0.1, -0.05) is 60.7 Å². The van der Waals surface area contributed by atoms with Crippen LogP contribution in [0.5, 0.6) is 0 Å². The number of carbonyl (C=O) groups excluding carboxylic acids is 2. The van der Waals surface area contributed by atoms with Gasteiger partial charge in [-0.3, -0.25) is 9.69 Å². The Morgan fingerprint density at radius 1 is 1.12 bits per heavy atom. The van der Waals surface area contributed by atoms with E-state index in [1.54, 1.807) is 16.8 Å². The molecule has 0 aliphatic carbocycles. The molecule has 5 heteroatoms. The van der Waals surface area contributed by atoms with Gasteiger partial charge in [-0.05, 0) is 24.0 Å². The van der Waals surface area contributed by atoms with Crippen molar-refractivity contribution >= 4 is 12.0 Å². The molecule has 0 N–H and O–H groups in total. The van der Waals surface area contributed by atoms with Crippen LogP contribution in [0.1, 0.15) is 30.0 Å². The molecule has 2 atom stereocenters. The molecule has 0 unspecified atom stereocenters. The van der Waals surface area contributed by atoms with Gasteiger partial charge in [-0.2, -0.15) is 0 Å². The first-order valence-corrected chi connectivity index (χ1v) is 8.95. The highest BCUT2D eigenvalue weighted by molar-refractivity contribution is 5.97. The van der Waals surface area contributed by atoms with Crippen LogP contribution >= 0.6 is 0 Å². The van der Waals surface area contributed by atoms with Crippen LogP contribution in [0, 0.1) is 0 Å². The summed E-state index contributed by atoms with van der Waals surface area (Å²) in [4.78, 5) is 29.0. The lowest BCUT2D eigenvalue weighted by molar-refractivity contribution is -0.169. The fourth-order valence-corrected chi connectivity index (χ4v) is 4.33. The van der Waals surface area contributed by atoms with Crippen LogP contribution in [0.4, 0.5) is 4.79 Å². The van der Waals surface area contributed by atoms with E-state index in [1.807, 2.05) is 60.7 Å². The first-order valence-electron chi connectivity index (χ1n) is 8.95. The van der Waals surface area contributed by atoms with Crippen molar-refractivity contribution in [1.82, 2.24) is 9.80 Å². The number of carbonyl (C=O) groups is 2. The minimum Gasteiger partial charge on any atom is -0.445 e. The lowest BCUT2D eigenvalue weighted by Crippen LogP contribution is -2.73. The molecule has 0 aromatic heterocycles. The van der Waals surface area contributed by atoms with Gasteiger partial charge < -0.3 is 9.64 Å². The molecular weight excluding hydrogens is 328 g/mol. The Hall–Kier alpha value is -2.82. The van der Waals surface area contributed by atoms with Gasteiger partial charge in [0.05, 0.1) is 6.04 Å². The number of ether oxygens (including phenoxy) is 1. The van der Waals surface area contributed by atoms with E-state index in [9.17, 15) is 9.59 Å². The largest absolute Gasteiger partial charge is 0.445 e. The Morgan fingerprint density at radius 3 is 2.46 bits per heavy atom. The molecule has 2 aromatic rings. The third-order valence-electron chi connectivity index (χ3n) is 5.49. The first-order chi connectivity index (χ1) is 12.6. The van der Waals surface area contributed by atoms with Crippen molar-refractivity contribution in [3.63, 3.8) is 0 Å². The molecule has 2 fully saturated rings. The van der Waals surface area contributed by atoms with Crippen LogP contribution in [0.25, 0.3) is 0 Å². The van der Waals surface area contributed by atoms with Gasteiger partial charge >= 0.3 is 6.09 Å². The molecule has 2 aliphatic heterocycles. The van der Waals surface area contributed by atoms with E-state index in [2.05, 4.69) is 0 Å². The van der Waals surface area contributed by atoms with Gasteiger partial charge in [0, 0.05) is 13.6 Å². The van der Waals surface area contributed by atoms with E-state index in [0.717, 1.165) is 17.5 Å². The second-order valence-electron chi connectivity index (χ2n) is 6.95. The minimum atomic E-state index is -0.802. The van der Waals surface area contributed by atoms with E-state index in [1.165, 1.54) is 0 Å². The smallest absolute Gasteiger partial charge is 0.411 e. The molecular formula is C21H22N2O3. The molecule has 2 heterocycles. The number of amides is 2. The summed E-state index contributed by atoms with van der Waals surface area (Å²) in [6.45, 7) is 0.767. The number of likely N-dealkylation sites (tertiary alicyclic amines) is 2. The second-order valence-corrected chi connectivity index (χ2v) is 6.95. The van der Waals surface area contributed by atoms with Crippen molar-refractivity contribution in [2.24, 2.45) is 0 Å². The van der Waals surface area contributed by atoms with E-state index in [4.69, 9.17) is 4.74 Å². The molecule has 0 radical (unpaired) electrons. The number of β-lactam (4-membered cyclic amide) rings is 1. The summed E-state index contributed by atoms with van der Waals surface area (Å²) in [6.07, 6.45) is 1.08. The Balaban J connectivity index is 1.56. The summed E-state index contributed by atoms with van der Waals surface area (Å²) in [5.74, 6) is 0.000476. The zero-order valence-electron chi connectivity index (χ0n) is 14.8. The van der Waals surface area contributed by atoms with Crippen molar-refractivity contribution in [2.75, 3.05) is 13.6 Å². The maximum atomic E-state index is 12.8. The number of hydrogen-bond acceptors (Lipinski definition) is 3. The Morgan fingerprint density at radius 2 is 1.77 bits per heavy atom. The standard InChI is InChI=1S/C21H22N2O3/c1-22-18(17-11-6-3-7-12-17)21(19(22)24)13-8-14-23(21)20(25)26-15-16-9-4-2-5-10-16/h2-7,9-12,18H,8,13-15H2,1H3/t18-,21+/m0/s1. The van der Waals surface area contributed by atoms with E-state index in [-0.39, 0.29) is 18.6 Å². The molecule has 2 aliphatic rings. The van der Waals surface area contributed by atoms with Gasteiger partial charge in [0.1, 0.15) is 12.1 Å². The summed E-state index contributed by atoms with van der Waals surface area (Å²) in [6, 6.07) is 19.4. The highest BCUT2D eigenvalue weighted by atomic mass is 16.6. The Bertz CT molecular complexity index is 809. The summed E-state index contributed by atoms with van der Waals surface area (Å²) in [5, 5.41) is 0. The molecule has 0 bridgehead atoms. The molecule has 4 rings (SSSR count). The van der Waals surface area contributed by atoms with Crippen molar-refractivity contribution in [2.45, 2.75) is 31.0 Å². The van der Waals surface area contributed by atoms with E-state index in [0.29, 0.717) is 13.0 Å². The van der Waals surface area contributed by atoms with Gasteiger partial charge in [0.25, 0.3) is 5.91 Å². The van der Waals surface area contributed by atoms with Gasteiger partial charge in [0.15, 0.2) is 0 Å². The number of hydrogen-bond donors (Lipinski definition) is 0. The predicted octanol–water partition coefficient (Wildman–Crippen LogP) is 3.37. The predicted molar refractivity (Wildman–Crippen MR) is 97.3 cm³/mol. The first kappa shape index (κ1) is 16.6. The quantitative estimate of drug-likeness (QED) is 0.798. The SMILES string of the molecule is CN1C(=O)[C@@]2(CCCN2C(=O)OCc2ccccc2)[C@@H]1c1ccccc1. The van der Waals surface area contributed by atoms with E-state index >= 15 is 0 Å². The topological polar surface area (TPSA) is 49.9 Å². The molecule has 2 saturated heterocycles. The van der Waals surface area contributed by atoms with Crippen LogP contribution in [-0.2, 0) is 16.1 Å². The number of rotatable bonds is 3. The Kier molecular flexibility index (Phi) is 4.15. The van der Waals surface area contributed by atoms with Gasteiger partial charge in [-0.25, -0.2) is 4.79 Å². The highest BCUT2D eigenvalue weighted by Gasteiger charge is 2.66. The molecule has 1 spiro atoms. The highest BCUT2D eigenvalue weighted by Crippen LogP contribution is 2.52.